The average Bonchev–Trinajstić information content (AvgIpc) is 3.01. The molecule has 4 N–H and O–H groups in total. The monoisotopic (exact) mass is 345 g/mol. The summed E-state index contributed by atoms with van der Waals surface area (Å²) >= 11 is 0. The van der Waals surface area contributed by atoms with Gasteiger partial charge in [-0.25, -0.2) is 4.79 Å². The number of hydrogen-bond donors (Lipinski definition) is 3. The average molecular weight is 345 g/mol. The zero-order valence-electron chi connectivity index (χ0n) is 14.2. The second-order valence-electron chi connectivity index (χ2n) is 5.85. The van der Waals surface area contributed by atoms with Gasteiger partial charge in [-0.3, -0.25) is 9.59 Å². The number of para-hydroxylation sites is 1. The number of ketones is 1. The van der Waals surface area contributed by atoms with Crippen molar-refractivity contribution in [3.63, 3.8) is 0 Å². The first-order valence-electron chi connectivity index (χ1n) is 8.32. The fourth-order valence-electron chi connectivity index (χ4n) is 2.59. The molecule has 0 aliphatic heterocycles. The SMILES string of the molecule is C[C@H](OC(=O)CCCCCNC(N)=O)C(=O)c1c[nH]c2ccccc12. The van der Waals surface area contributed by atoms with Crippen LogP contribution in [-0.2, 0) is 9.53 Å². The van der Waals surface area contributed by atoms with Crippen LogP contribution in [0.1, 0.15) is 43.0 Å². The molecule has 1 heterocycles. The number of nitrogens with two attached hydrogens (primary N) is 1. The third kappa shape index (κ3) is 5.34. The smallest absolute Gasteiger partial charge is 0.312 e. The first-order valence-corrected chi connectivity index (χ1v) is 8.32. The number of benzene rings is 1. The third-order valence-electron chi connectivity index (χ3n) is 3.89. The quantitative estimate of drug-likeness (QED) is 0.368. The van der Waals surface area contributed by atoms with Gasteiger partial charge in [0.15, 0.2) is 6.10 Å². The predicted molar refractivity (Wildman–Crippen MR) is 94.2 cm³/mol. The molecule has 1 aromatic heterocycles. The molecule has 1 aromatic carbocycles. The molecule has 2 aromatic rings. The number of carbonyl (C=O) groups is 3. The van der Waals surface area contributed by atoms with Crippen LogP contribution in [0.25, 0.3) is 10.9 Å². The van der Waals surface area contributed by atoms with Crippen LogP contribution in [-0.4, -0.2) is 35.4 Å². The van der Waals surface area contributed by atoms with Crippen LogP contribution in [0, 0.1) is 0 Å². The highest BCUT2D eigenvalue weighted by molar-refractivity contribution is 6.10. The number of nitrogens with one attached hydrogen (secondary N) is 2. The molecule has 0 saturated carbocycles. The summed E-state index contributed by atoms with van der Waals surface area (Å²) in [5.41, 5.74) is 6.35. The van der Waals surface area contributed by atoms with Gasteiger partial charge in [-0.05, 0) is 25.8 Å². The van der Waals surface area contributed by atoms with E-state index in [9.17, 15) is 14.4 Å². The van der Waals surface area contributed by atoms with E-state index in [0.717, 1.165) is 23.7 Å². The number of H-pyrrole nitrogens is 1. The van der Waals surface area contributed by atoms with Gasteiger partial charge < -0.3 is 20.8 Å². The van der Waals surface area contributed by atoms with Gasteiger partial charge in [-0.2, -0.15) is 0 Å². The number of urea groups is 1. The molecule has 0 aliphatic carbocycles. The van der Waals surface area contributed by atoms with Crippen molar-refractivity contribution >= 4 is 28.7 Å². The molecule has 7 nitrogen and oxygen atoms in total. The maximum absolute atomic E-state index is 12.5. The van der Waals surface area contributed by atoms with E-state index in [0.29, 0.717) is 18.5 Å². The van der Waals surface area contributed by atoms with Crippen molar-refractivity contribution in [1.29, 1.82) is 0 Å². The van der Waals surface area contributed by atoms with Crippen LogP contribution in [0.15, 0.2) is 30.5 Å². The lowest BCUT2D eigenvalue weighted by Crippen LogP contribution is -2.30. The number of amides is 2. The second-order valence-corrected chi connectivity index (χ2v) is 5.85. The minimum Gasteiger partial charge on any atom is -0.454 e. The Balaban J connectivity index is 1.77. The van der Waals surface area contributed by atoms with E-state index < -0.39 is 18.1 Å². The fraction of sp³-hybridized carbons (Fsp3) is 0.389. The van der Waals surface area contributed by atoms with Crippen molar-refractivity contribution in [2.75, 3.05) is 6.54 Å². The molecule has 0 fully saturated rings. The lowest BCUT2D eigenvalue weighted by molar-refractivity contribution is -0.146. The van der Waals surface area contributed by atoms with E-state index in [2.05, 4.69) is 10.3 Å². The van der Waals surface area contributed by atoms with Crippen molar-refractivity contribution in [3.05, 3.63) is 36.0 Å². The Labute approximate surface area is 145 Å². The van der Waals surface area contributed by atoms with E-state index in [1.807, 2.05) is 24.3 Å². The summed E-state index contributed by atoms with van der Waals surface area (Å²) in [7, 11) is 0. The van der Waals surface area contributed by atoms with Gasteiger partial charge in [-0.15, -0.1) is 0 Å². The number of aromatic nitrogens is 1. The number of Topliss-reactive ketones (excluding diaryl/α,β-unsaturated/α-hetero) is 1. The molecule has 1 atom stereocenters. The molecule has 2 rings (SSSR count). The van der Waals surface area contributed by atoms with Crippen LogP contribution in [0.4, 0.5) is 4.79 Å². The van der Waals surface area contributed by atoms with Gasteiger partial charge in [-0.1, -0.05) is 24.6 Å². The molecular formula is C18H23N3O4. The number of primary amides is 1. The Bertz CT molecular complexity index is 754. The molecule has 0 radical (unpaired) electrons. The molecule has 25 heavy (non-hydrogen) atoms. The predicted octanol–water partition coefficient (Wildman–Crippen LogP) is 2.51. The molecule has 134 valence electrons. The lowest BCUT2D eigenvalue weighted by atomic mass is 10.1. The minimum atomic E-state index is -0.830. The standard InChI is InChI=1S/C18H23N3O4/c1-12(25-16(22)9-3-2-6-10-20-18(19)24)17(23)14-11-21-15-8-5-4-7-13(14)15/h4-5,7-8,11-12,21H,2-3,6,9-10H2,1H3,(H3,19,20,24)/t12-/m0/s1. The summed E-state index contributed by atoms with van der Waals surface area (Å²) in [6.45, 7) is 2.07. The van der Waals surface area contributed by atoms with Crippen molar-refractivity contribution in [1.82, 2.24) is 10.3 Å². The Morgan fingerprint density at radius 3 is 2.72 bits per heavy atom. The van der Waals surface area contributed by atoms with E-state index in [4.69, 9.17) is 10.5 Å². The number of aromatic amines is 1. The summed E-state index contributed by atoms with van der Waals surface area (Å²) < 4.78 is 5.24. The maximum atomic E-state index is 12.5. The van der Waals surface area contributed by atoms with Crippen molar-refractivity contribution < 1.29 is 19.1 Å². The number of esters is 1. The summed E-state index contributed by atoms with van der Waals surface area (Å²) in [5, 5.41) is 3.30. The summed E-state index contributed by atoms with van der Waals surface area (Å²) in [6, 6.07) is 6.93. The van der Waals surface area contributed by atoms with Crippen LogP contribution < -0.4 is 11.1 Å². The van der Waals surface area contributed by atoms with Gasteiger partial charge in [0.25, 0.3) is 0 Å². The van der Waals surface area contributed by atoms with Gasteiger partial charge in [0.2, 0.25) is 5.78 Å². The summed E-state index contributed by atoms with van der Waals surface area (Å²) in [5.74, 6) is -0.625. The highest BCUT2D eigenvalue weighted by Gasteiger charge is 2.21. The molecule has 0 aliphatic rings. The van der Waals surface area contributed by atoms with Gasteiger partial charge >= 0.3 is 12.0 Å². The number of rotatable bonds is 9. The first-order chi connectivity index (χ1) is 12.0. The van der Waals surface area contributed by atoms with E-state index >= 15 is 0 Å². The minimum absolute atomic E-state index is 0.226. The zero-order valence-corrected chi connectivity index (χ0v) is 14.2. The maximum Gasteiger partial charge on any atom is 0.312 e. The van der Waals surface area contributed by atoms with Crippen molar-refractivity contribution in [2.45, 2.75) is 38.7 Å². The van der Waals surface area contributed by atoms with Crippen LogP contribution in [0.5, 0.6) is 0 Å². The Kier molecular flexibility index (Phi) is 6.56. The zero-order chi connectivity index (χ0) is 18.2. The molecule has 2 amide bonds. The normalized spacial score (nSPS) is 11.9. The highest BCUT2D eigenvalue weighted by Crippen LogP contribution is 2.20. The largest absolute Gasteiger partial charge is 0.454 e. The van der Waals surface area contributed by atoms with Crippen molar-refractivity contribution in [2.24, 2.45) is 5.73 Å². The molecule has 0 unspecified atom stereocenters. The Morgan fingerprint density at radius 1 is 1.20 bits per heavy atom. The molecule has 0 bridgehead atoms. The van der Waals surface area contributed by atoms with E-state index in [-0.39, 0.29) is 12.2 Å². The topological polar surface area (TPSA) is 114 Å². The second kappa shape index (κ2) is 8.86. The van der Waals surface area contributed by atoms with E-state index in [1.54, 1.807) is 13.1 Å². The van der Waals surface area contributed by atoms with Gasteiger partial charge in [0.05, 0.1) is 0 Å². The van der Waals surface area contributed by atoms with Crippen molar-refractivity contribution in [3.8, 4) is 0 Å². The summed E-state index contributed by atoms with van der Waals surface area (Å²) in [6.07, 6.45) is 3.18. The molecule has 0 spiro atoms. The number of unbranched alkanes of at least 4 members (excludes halogenated alkanes) is 2. The Morgan fingerprint density at radius 2 is 1.96 bits per heavy atom. The Hall–Kier alpha value is -2.83. The van der Waals surface area contributed by atoms with Crippen LogP contribution in [0.2, 0.25) is 0 Å². The van der Waals surface area contributed by atoms with Gasteiger partial charge in [0.1, 0.15) is 0 Å². The number of hydrogen-bond acceptors (Lipinski definition) is 4. The lowest BCUT2D eigenvalue weighted by Gasteiger charge is -2.12. The number of fused-ring (bicyclic) bond motifs is 1. The molecule has 0 saturated heterocycles. The molecule has 7 heteroatoms. The third-order valence-corrected chi connectivity index (χ3v) is 3.89. The summed E-state index contributed by atoms with van der Waals surface area (Å²) in [4.78, 5) is 37.9. The van der Waals surface area contributed by atoms with Crippen LogP contribution in [0.3, 0.4) is 0 Å². The van der Waals surface area contributed by atoms with Gasteiger partial charge in [0, 0.05) is 35.6 Å². The number of ether oxygens (including phenoxy) is 1. The van der Waals surface area contributed by atoms with E-state index in [1.165, 1.54) is 0 Å². The van der Waals surface area contributed by atoms with Crippen LogP contribution >= 0.6 is 0 Å². The fourth-order valence-corrected chi connectivity index (χ4v) is 2.59. The highest BCUT2D eigenvalue weighted by atomic mass is 16.5. The number of carbonyl (C=O) groups excluding carboxylic acids is 3. The first kappa shape index (κ1) is 18.5. The molecular weight excluding hydrogens is 322 g/mol.